The van der Waals surface area contributed by atoms with Gasteiger partial charge in [0.2, 0.25) is 5.91 Å². The van der Waals surface area contributed by atoms with Crippen molar-refractivity contribution in [3.63, 3.8) is 0 Å². The molecule has 1 atom stereocenters. The van der Waals surface area contributed by atoms with Crippen molar-refractivity contribution in [2.45, 2.75) is 13.0 Å². The minimum atomic E-state index is -0.358. The van der Waals surface area contributed by atoms with Gasteiger partial charge >= 0.3 is 0 Å². The van der Waals surface area contributed by atoms with E-state index in [0.717, 1.165) is 0 Å². The molecule has 11 heavy (non-hydrogen) atoms. The average Bonchev–Trinajstić information content (AvgIpc) is 1.97. The van der Waals surface area contributed by atoms with Crippen molar-refractivity contribution in [1.82, 2.24) is 5.32 Å². The van der Waals surface area contributed by atoms with Gasteiger partial charge in [-0.15, -0.1) is 6.42 Å². The minimum Gasteiger partial charge on any atom is -0.353 e. The smallest absolute Gasteiger partial charge is 0.217 e. The molecule has 0 spiro atoms. The second-order valence-corrected chi connectivity index (χ2v) is 2.06. The quantitative estimate of drug-likeness (QED) is 0.428. The first-order chi connectivity index (χ1) is 5.16. The third-order valence-electron chi connectivity index (χ3n) is 1.00. The van der Waals surface area contributed by atoms with Crippen LogP contribution in [0.5, 0.6) is 0 Å². The van der Waals surface area contributed by atoms with E-state index in [4.69, 9.17) is 12.2 Å². The third kappa shape index (κ3) is 6.62. The molecule has 0 aliphatic heterocycles. The van der Waals surface area contributed by atoms with Gasteiger partial charge in [-0.3, -0.25) is 4.79 Å². The number of terminal acetylenes is 1. The Labute approximate surface area is 66.7 Å². The molecule has 0 aromatic heterocycles. The first kappa shape index (κ1) is 9.73. The fourth-order valence-corrected chi connectivity index (χ4v) is 0.473. The molecule has 60 valence electrons. The van der Waals surface area contributed by atoms with Gasteiger partial charge in [0.15, 0.2) is 0 Å². The molecule has 0 rings (SSSR count). The van der Waals surface area contributed by atoms with E-state index < -0.39 is 0 Å². The van der Waals surface area contributed by atoms with Gasteiger partial charge in [-0.2, -0.15) is 0 Å². The Bertz CT molecular complexity index is 191. The van der Waals surface area contributed by atoms with Crippen molar-refractivity contribution >= 4 is 5.91 Å². The SMILES string of the molecule is C#CC(N)C=CCNC(C)=O. The molecule has 0 aliphatic carbocycles. The van der Waals surface area contributed by atoms with Crippen LogP contribution in [0.15, 0.2) is 12.2 Å². The molecule has 0 bridgehead atoms. The number of hydrogen-bond acceptors (Lipinski definition) is 2. The van der Waals surface area contributed by atoms with Crippen LogP contribution in [0.4, 0.5) is 0 Å². The molecule has 3 nitrogen and oxygen atoms in total. The number of rotatable bonds is 3. The number of nitrogens with two attached hydrogens (primary N) is 1. The average molecular weight is 152 g/mol. The standard InChI is InChI=1S/C8H12N2O/c1-3-8(9)5-4-6-10-7(2)11/h1,4-5,8H,6,9H2,2H3,(H,10,11). The molecular weight excluding hydrogens is 140 g/mol. The van der Waals surface area contributed by atoms with Crippen LogP contribution in [0.3, 0.4) is 0 Å². The lowest BCUT2D eigenvalue weighted by Crippen LogP contribution is -2.20. The summed E-state index contributed by atoms with van der Waals surface area (Å²) in [5.41, 5.74) is 5.35. The summed E-state index contributed by atoms with van der Waals surface area (Å²) in [6, 6.07) is -0.358. The van der Waals surface area contributed by atoms with Crippen molar-refractivity contribution in [2.75, 3.05) is 6.54 Å². The summed E-state index contributed by atoms with van der Waals surface area (Å²) in [5.74, 6) is 2.27. The van der Waals surface area contributed by atoms with Crippen molar-refractivity contribution in [3.8, 4) is 12.3 Å². The highest BCUT2D eigenvalue weighted by molar-refractivity contribution is 5.72. The number of amides is 1. The zero-order valence-electron chi connectivity index (χ0n) is 6.50. The van der Waals surface area contributed by atoms with Crippen LogP contribution in [0.25, 0.3) is 0 Å². The number of carbonyl (C=O) groups excluding carboxylic acids is 1. The fraction of sp³-hybridized carbons (Fsp3) is 0.375. The highest BCUT2D eigenvalue weighted by Crippen LogP contribution is 1.77. The highest BCUT2D eigenvalue weighted by atomic mass is 16.1. The van der Waals surface area contributed by atoms with Crippen molar-refractivity contribution in [2.24, 2.45) is 5.73 Å². The van der Waals surface area contributed by atoms with E-state index in [1.54, 1.807) is 12.2 Å². The van der Waals surface area contributed by atoms with E-state index >= 15 is 0 Å². The zero-order chi connectivity index (χ0) is 8.69. The molecule has 1 amide bonds. The molecule has 3 heteroatoms. The Hall–Kier alpha value is -1.27. The van der Waals surface area contributed by atoms with E-state index in [-0.39, 0.29) is 11.9 Å². The minimum absolute atomic E-state index is 0.0658. The Morgan fingerprint density at radius 1 is 1.91 bits per heavy atom. The van der Waals surface area contributed by atoms with Crippen LogP contribution in [0.1, 0.15) is 6.92 Å². The van der Waals surface area contributed by atoms with Crippen LogP contribution in [-0.4, -0.2) is 18.5 Å². The predicted octanol–water partition coefficient (Wildman–Crippen LogP) is -0.361. The summed E-state index contributed by atoms with van der Waals surface area (Å²) in [6.07, 6.45) is 8.39. The van der Waals surface area contributed by atoms with Gasteiger partial charge in [-0.05, 0) is 0 Å². The summed E-state index contributed by atoms with van der Waals surface area (Å²) in [4.78, 5) is 10.3. The molecule has 0 radical (unpaired) electrons. The van der Waals surface area contributed by atoms with E-state index in [1.807, 2.05) is 0 Å². The maximum absolute atomic E-state index is 10.3. The first-order valence-corrected chi connectivity index (χ1v) is 3.29. The van der Waals surface area contributed by atoms with Crippen LogP contribution >= 0.6 is 0 Å². The maximum atomic E-state index is 10.3. The van der Waals surface area contributed by atoms with Crippen LogP contribution < -0.4 is 11.1 Å². The van der Waals surface area contributed by atoms with Gasteiger partial charge in [0.05, 0.1) is 6.04 Å². The number of nitrogens with one attached hydrogen (secondary N) is 1. The summed E-state index contributed by atoms with van der Waals surface area (Å²) in [7, 11) is 0. The van der Waals surface area contributed by atoms with E-state index in [2.05, 4.69) is 11.2 Å². The molecule has 3 N–H and O–H groups in total. The third-order valence-corrected chi connectivity index (χ3v) is 1.00. The molecule has 0 aromatic rings. The molecule has 0 saturated heterocycles. The Kier molecular flexibility index (Phi) is 4.87. The summed E-state index contributed by atoms with van der Waals surface area (Å²) in [6.45, 7) is 1.93. The predicted molar refractivity (Wildman–Crippen MR) is 44.6 cm³/mol. The second kappa shape index (κ2) is 5.51. The van der Waals surface area contributed by atoms with Gasteiger partial charge in [-0.25, -0.2) is 0 Å². The van der Waals surface area contributed by atoms with Crippen LogP contribution in [-0.2, 0) is 4.79 Å². The second-order valence-electron chi connectivity index (χ2n) is 2.06. The fourth-order valence-electron chi connectivity index (χ4n) is 0.473. The molecule has 0 heterocycles. The lowest BCUT2D eigenvalue weighted by Gasteiger charge is -1.96. The largest absolute Gasteiger partial charge is 0.353 e. The van der Waals surface area contributed by atoms with Gasteiger partial charge in [0.25, 0.3) is 0 Å². The van der Waals surface area contributed by atoms with Gasteiger partial charge in [0.1, 0.15) is 0 Å². The monoisotopic (exact) mass is 152 g/mol. The molecule has 0 aliphatic rings. The van der Waals surface area contributed by atoms with Crippen LogP contribution in [0.2, 0.25) is 0 Å². The topological polar surface area (TPSA) is 55.1 Å². The normalized spacial score (nSPS) is 12.5. The molecule has 0 aromatic carbocycles. The Morgan fingerprint density at radius 2 is 2.55 bits per heavy atom. The lowest BCUT2D eigenvalue weighted by molar-refractivity contribution is -0.118. The van der Waals surface area contributed by atoms with Crippen molar-refractivity contribution < 1.29 is 4.79 Å². The maximum Gasteiger partial charge on any atom is 0.217 e. The van der Waals surface area contributed by atoms with E-state index in [0.29, 0.717) is 6.54 Å². The molecule has 1 unspecified atom stereocenters. The van der Waals surface area contributed by atoms with E-state index in [9.17, 15) is 4.79 Å². The summed E-state index contributed by atoms with van der Waals surface area (Å²) >= 11 is 0. The van der Waals surface area contributed by atoms with Gasteiger partial charge < -0.3 is 11.1 Å². The van der Waals surface area contributed by atoms with E-state index in [1.165, 1.54) is 6.92 Å². The Morgan fingerprint density at radius 3 is 3.00 bits per heavy atom. The zero-order valence-corrected chi connectivity index (χ0v) is 6.50. The molecule has 0 saturated carbocycles. The number of hydrogen-bond donors (Lipinski definition) is 2. The molecular formula is C8H12N2O. The summed E-state index contributed by atoms with van der Waals surface area (Å²) < 4.78 is 0. The van der Waals surface area contributed by atoms with Crippen molar-refractivity contribution in [1.29, 1.82) is 0 Å². The van der Waals surface area contributed by atoms with Gasteiger partial charge in [-0.1, -0.05) is 18.1 Å². The van der Waals surface area contributed by atoms with Crippen molar-refractivity contribution in [3.05, 3.63) is 12.2 Å². The highest BCUT2D eigenvalue weighted by Gasteiger charge is 1.87. The Balaban J connectivity index is 3.46. The summed E-state index contributed by atoms with van der Waals surface area (Å²) in [5, 5.41) is 2.58. The van der Waals surface area contributed by atoms with Gasteiger partial charge in [0, 0.05) is 13.5 Å². The molecule has 0 fully saturated rings. The van der Waals surface area contributed by atoms with Crippen LogP contribution in [0, 0.1) is 12.3 Å². The lowest BCUT2D eigenvalue weighted by atomic mass is 10.3. The first-order valence-electron chi connectivity index (χ1n) is 3.29. The number of carbonyl (C=O) groups is 1.